The summed E-state index contributed by atoms with van der Waals surface area (Å²) in [7, 11) is 0. The highest BCUT2D eigenvalue weighted by atomic mass is 16.7. The van der Waals surface area contributed by atoms with Crippen molar-refractivity contribution in [1.29, 1.82) is 0 Å². The number of aromatic nitrogens is 1. The van der Waals surface area contributed by atoms with Crippen LogP contribution >= 0.6 is 0 Å². The molecular weight excluding hydrogens is 176 g/mol. The van der Waals surface area contributed by atoms with Crippen molar-refractivity contribution in [1.82, 2.24) is 10.6 Å². The summed E-state index contributed by atoms with van der Waals surface area (Å²) < 4.78 is 9.51. The number of hydrogen-bond acceptors (Lipinski definition) is 6. The van der Waals surface area contributed by atoms with Crippen molar-refractivity contribution in [3.05, 3.63) is 18.0 Å². The third-order valence-corrected chi connectivity index (χ3v) is 1.60. The largest absolute Gasteiger partial charge is 0.454 e. The zero-order valence-electron chi connectivity index (χ0n) is 6.73. The van der Waals surface area contributed by atoms with Crippen molar-refractivity contribution in [2.45, 2.75) is 6.10 Å². The Balaban J connectivity index is 1.91. The summed E-state index contributed by atoms with van der Waals surface area (Å²) in [6, 6.07) is 1.45. The zero-order chi connectivity index (χ0) is 9.10. The molecule has 1 N–H and O–H groups in total. The lowest BCUT2D eigenvalue weighted by Gasteiger charge is -2.06. The smallest absolute Gasteiger partial charge is 0.360 e. The van der Waals surface area contributed by atoms with E-state index in [0.29, 0.717) is 13.2 Å². The lowest BCUT2D eigenvalue weighted by molar-refractivity contribution is 0.0244. The maximum atomic E-state index is 11.2. The molecule has 1 aliphatic heterocycles. The minimum atomic E-state index is -0.494. The molecule has 13 heavy (non-hydrogen) atoms. The number of nitrogens with zero attached hydrogens (tertiary/aromatic N) is 1. The average Bonchev–Trinajstić information content (AvgIpc) is 2.74. The van der Waals surface area contributed by atoms with Crippen LogP contribution in [0.2, 0.25) is 0 Å². The Kier molecular flexibility index (Phi) is 2.24. The Hall–Kier alpha value is -1.40. The molecule has 1 saturated heterocycles. The molecule has 6 heteroatoms. The van der Waals surface area contributed by atoms with Gasteiger partial charge in [0.15, 0.2) is 5.69 Å². The van der Waals surface area contributed by atoms with E-state index in [0.717, 1.165) is 0 Å². The van der Waals surface area contributed by atoms with Gasteiger partial charge in [-0.3, -0.25) is 4.84 Å². The van der Waals surface area contributed by atoms with E-state index in [2.05, 4.69) is 15.2 Å². The van der Waals surface area contributed by atoms with Gasteiger partial charge in [-0.05, 0) is 0 Å². The summed E-state index contributed by atoms with van der Waals surface area (Å²) in [5.41, 5.74) is 2.77. The summed E-state index contributed by atoms with van der Waals surface area (Å²) in [6.07, 6.45) is 1.07. The molecule has 1 aliphatic rings. The van der Waals surface area contributed by atoms with Gasteiger partial charge in [0.05, 0.1) is 6.54 Å². The van der Waals surface area contributed by atoms with E-state index in [1.54, 1.807) is 0 Å². The Morgan fingerprint density at radius 1 is 1.77 bits per heavy atom. The molecule has 0 amide bonds. The molecular formula is C7H8N2O4. The molecule has 6 nitrogen and oxygen atoms in total. The van der Waals surface area contributed by atoms with Crippen LogP contribution in [0.15, 0.2) is 16.9 Å². The molecule has 1 atom stereocenters. The first-order valence-electron chi connectivity index (χ1n) is 3.82. The van der Waals surface area contributed by atoms with Crippen LogP contribution in [-0.4, -0.2) is 30.4 Å². The molecule has 0 aromatic carbocycles. The minimum Gasteiger partial charge on any atom is -0.454 e. The van der Waals surface area contributed by atoms with E-state index in [9.17, 15) is 4.79 Å². The first-order valence-corrected chi connectivity index (χ1v) is 3.82. The summed E-state index contributed by atoms with van der Waals surface area (Å²) in [6.45, 7) is 0.868. The van der Waals surface area contributed by atoms with Gasteiger partial charge in [-0.1, -0.05) is 5.16 Å². The molecule has 2 rings (SSSR count). The number of esters is 1. The highest BCUT2D eigenvalue weighted by molar-refractivity contribution is 5.87. The van der Waals surface area contributed by atoms with Gasteiger partial charge in [0.1, 0.15) is 19.0 Å². The summed E-state index contributed by atoms with van der Waals surface area (Å²) in [5.74, 6) is -0.494. The van der Waals surface area contributed by atoms with E-state index in [1.165, 1.54) is 12.3 Å². The SMILES string of the molecule is O=C(O[C@H]1CNOC1)c1ccon1. The second-order valence-corrected chi connectivity index (χ2v) is 2.57. The minimum absolute atomic E-state index is 0.173. The number of ether oxygens (including phenoxy) is 1. The number of rotatable bonds is 2. The third-order valence-electron chi connectivity index (χ3n) is 1.60. The van der Waals surface area contributed by atoms with Gasteiger partial charge in [-0.15, -0.1) is 0 Å². The summed E-state index contributed by atoms with van der Waals surface area (Å²) in [4.78, 5) is 16.0. The van der Waals surface area contributed by atoms with Crippen molar-refractivity contribution < 1.29 is 18.9 Å². The van der Waals surface area contributed by atoms with E-state index in [-0.39, 0.29) is 11.8 Å². The first kappa shape index (κ1) is 8.21. The van der Waals surface area contributed by atoms with Crippen molar-refractivity contribution >= 4 is 5.97 Å². The zero-order valence-corrected chi connectivity index (χ0v) is 6.73. The van der Waals surface area contributed by atoms with Gasteiger partial charge in [0.2, 0.25) is 0 Å². The van der Waals surface area contributed by atoms with Crippen LogP contribution in [0.4, 0.5) is 0 Å². The molecule has 0 unspecified atom stereocenters. The maximum Gasteiger partial charge on any atom is 0.360 e. The van der Waals surface area contributed by atoms with Crippen LogP contribution in [0, 0.1) is 0 Å². The number of carbonyl (C=O) groups is 1. The number of carbonyl (C=O) groups excluding carboxylic acids is 1. The van der Waals surface area contributed by atoms with Crippen LogP contribution in [-0.2, 0) is 9.57 Å². The highest BCUT2D eigenvalue weighted by Gasteiger charge is 2.21. The lowest BCUT2D eigenvalue weighted by Crippen LogP contribution is -2.22. The number of nitrogens with one attached hydrogen (secondary N) is 1. The van der Waals surface area contributed by atoms with Gasteiger partial charge in [0, 0.05) is 6.07 Å². The predicted molar refractivity (Wildman–Crippen MR) is 39.7 cm³/mol. The normalized spacial score (nSPS) is 21.7. The van der Waals surface area contributed by atoms with E-state index in [1.807, 2.05) is 0 Å². The van der Waals surface area contributed by atoms with E-state index in [4.69, 9.17) is 9.57 Å². The van der Waals surface area contributed by atoms with Crippen LogP contribution in [0.5, 0.6) is 0 Å². The molecule has 0 bridgehead atoms. The number of hydrogen-bond donors (Lipinski definition) is 1. The molecule has 70 valence electrons. The molecule has 0 saturated carbocycles. The second kappa shape index (κ2) is 3.55. The summed E-state index contributed by atoms with van der Waals surface area (Å²) in [5, 5.41) is 3.45. The van der Waals surface area contributed by atoms with Crippen molar-refractivity contribution in [2.75, 3.05) is 13.2 Å². The molecule has 0 radical (unpaired) electrons. The van der Waals surface area contributed by atoms with Crippen molar-refractivity contribution in [3.8, 4) is 0 Å². The highest BCUT2D eigenvalue weighted by Crippen LogP contribution is 2.04. The molecule has 1 aromatic heterocycles. The van der Waals surface area contributed by atoms with Gasteiger partial charge in [0.25, 0.3) is 0 Å². The Morgan fingerprint density at radius 2 is 2.69 bits per heavy atom. The van der Waals surface area contributed by atoms with Gasteiger partial charge in [-0.2, -0.15) is 5.48 Å². The van der Waals surface area contributed by atoms with Gasteiger partial charge < -0.3 is 9.26 Å². The Morgan fingerprint density at radius 3 is 3.31 bits per heavy atom. The van der Waals surface area contributed by atoms with Gasteiger partial charge in [-0.25, -0.2) is 4.79 Å². The fraction of sp³-hybridized carbons (Fsp3) is 0.429. The van der Waals surface area contributed by atoms with E-state index >= 15 is 0 Å². The quantitative estimate of drug-likeness (QED) is 0.638. The number of hydroxylamine groups is 1. The fourth-order valence-electron chi connectivity index (χ4n) is 0.968. The first-order chi connectivity index (χ1) is 6.36. The Labute approximate surface area is 73.7 Å². The molecule has 2 heterocycles. The summed E-state index contributed by atoms with van der Waals surface area (Å²) >= 11 is 0. The molecule has 0 aliphatic carbocycles. The van der Waals surface area contributed by atoms with Crippen molar-refractivity contribution in [2.24, 2.45) is 0 Å². The van der Waals surface area contributed by atoms with Crippen LogP contribution in [0.25, 0.3) is 0 Å². The standard InChI is InChI=1S/C7H8N2O4/c10-7(6-1-2-11-9-6)13-5-3-8-12-4-5/h1-2,5,8H,3-4H2/t5-/m0/s1. The van der Waals surface area contributed by atoms with E-state index < -0.39 is 5.97 Å². The topological polar surface area (TPSA) is 73.6 Å². The van der Waals surface area contributed by atoms with Crippen molar-refractivity contribution in [3.63, 3.8) is 0 Å². The second-order valence-electron chi connectivity index (χ2n) is 2.57. The third kappa shape index (κ3) is 1.85. The van der Waals surface area contributed by atoms with Crippen LogP contribution < -0.4 is 5.48 Å². The fourth-order valence-corrected chi connectivity index (χ4v) is 0.968. The molecule has 1 aromatic rings. The van der Waals surface area contributed by atoms with Crippen LogP contribution in [0.3, 0.4) is 0 Å². The monoisotopic (exact) mass is 184 g/mol. The lowest BCUT2D eigenvalue weighted by atomic mass is 10.4. The molecule has 1 fully saturated rings. The Bertz CT molecular complexity index is 279. The van der Waals surface area contributed by atoms with Crippen LogP contribution in [0.1, 0.15) is 10.5 Å². The average molecular weight is 184 g/mol. The van der Waals surface area contributed by atoms with Gasteiger partial charge >= 0.3 is 5.97 Å². The molecule has 0 spiro atoms. The predicted octanol–water partition coefficient (Wildman–Crippen LogP) is -0.265. The maximum absolute atomic E-state index is 11.2.